The van der Waals surface area contributed by atoms with Crippen molar-refractivity contribution in [3.05, 3.63) is 83.1 Å². The lowest BCUT2D eigenvalue weighted by Gasteiger charge is -2.38. The molecular weight excluding hydrogens is 469 g/mol. The van der Waals surface area contributed by atoms with Crippen molar-refractivity contribution in [2.75, 3.05) is 40.7 Å². The van der Waals surface area contributed by atoms with E-state index in [0.29, 0.717) is 31.9 Å². The van der Waals surface area contributed by atoms with E-state index in [1.54, 1.807) is 30.3 Å². The Morgan fingerprint density at radius 3 is 2.21 bits per heavy atom. The zero-order chi connectivity index (χ0) is 23.6. The lowest BCUT2D eigenvalue weighted by Crippen LogP contribution is -2.47. The molecule has 0 bridgehead atoms. The molecule has 0 unspecified atom stereocenters. The van der Waals surface area contributed by atoms with E-state index in [9.17, 15) is 22.7 Å². The maximum atomic E-state index is 13.2. The van der Waals surface area contributed by atoms with Gasteiger partial charge in [-0.15, -0.1) is 0 Å². The standard InChI is InChI=1S/C23H21ClFN3O4S/c24-20-3-1-2-4-22(20)33(31,32)26-17-7-10-21(19(15-17)23(29)30)28-13-11-27(12-14-28)18-8-5-16(25)6-9-18/h1-10,15,26H,11-14H2,(H,29,30). The Balaban J connectivity index is 1.53. The fourth-order valence-corrected chi connectivity index (χ4v) is 5.35. The smallest absolute Gasteiger partial charge is 0.337 e. The highest BCUT2D eigenvalue weighted by molar-refractivity contribution is 7.92. The van der Waals surface area contributed by atoms with Crippen LogP contribution in [-0.2, 0) is 10.0 Å². The number of halogens is 2. The van der Waals surface area contributed by atoms with E-state index in [4.69, 9.17) is 11.6 Å². The van der Waals surface area contributed by atoms with Crippen molar-refractivity contribution in [1.29, 1.82) is 0 Å². The number of hydrogen-bond acceptors (Lipinski definition) is 5. The first-order valence-electron chi connectivity index (χ1n) is 10.1. The number of carboxylic acid groups (broad SMARTS) is 1. The first-order chi connectivity index (χ1) is 15.7. The highest BCUT2D eigenvalue weighted by Gasteiger charge is 2.24. The van der Waals surface area contributed by atoms with Gasteiger partial charge < -0.3 is 14.9 Å². The summed E-state index contributed by atoms with van der Waals surface area (Å²) in [7, 11) is -3.99. The van der Waals surface area contributed by atoms with E-state index in [1.165, 1.54) is 36.4 Å². The van der Waals surface area contributed by atoms with Gasteiger partial charge >= 0.3 is 5.97 Å². The largest absolute Gasteiger partial charge is 0.478 e. The summed E-state index contributed by atoms with van der Waals surface area (Å²) >= 11 is 6.00. The Bertz CT molecular complexity index is 1280. The minimum atomic E-state index is -3.99. The van der Waals surface area contributed by atoms with Crippen molar-refractivity contribution < 1.29 is 22.7 Å². The molecule has 1 heterocycles. The highest BCUT2D eigenvalue weighted by Crippen LogP contribution is 2.29. The van der Waals surface area contributed by atoms with Gasteiger partial charge in [0.05, 0.1) is 16.3 Å². The van der Waals surface area contributed by atoms with Crippen LogP contribution in [0.2, 0.25) is 5.02 Å². The molecule has 0 amide bonds. The molecular formula is C23H21ClFN3O4S. The number of anilines is 3. The number of carboxylic acids is 1. The van der Waals surface area contributed by atoms with Gasteiger partial charge in [-0.25, -0.2) is 17.6 Å². The molecule has 0 spiro atoms. The second-order valence-corrected chi connectivity index (χ2v) is 9.58. The minimum Gasteiger partial charge on any atom is -0.478 e. The number of hydrogen-bond donors (Lipinski definition) is 2. The summed E-state index contributed by atoms with van der Waals surface area (Å²) in [6.45, 7) is 2.38. The van der Waals surface area contributed by atoms with Crippen molar-refractivity contribution in [3.63, 3.8) is 0 Å². The molecule has 10 heteroatoms. The number of piperazine rings is 1. The first kappa shape index (κ1) is 22.9. The Hall–Kier alpha value is -3.30. The van der Waals surface area contributed by atoms with Crippen molar-refractivity contribution in [1.82, 2.24) is 0 Å². The van der Waals surface area contributed by atoms with Crippen molar-refractivity contribution in [2.45, 2.75) is 4.90 Å². The molecule has 0 atom stereocenters. The fraction of sp³-hybridized carbons (Fsp3) is 0.174. The average molecular weight is 490 g/mol. The minimum absolute atomic E-state index is 0.00964. The van der Waals surface area contributed by atoms with Gasteiger partial charge in [-0.2, -0.15) is 0 Å². The van der Waals surface area contributed by atoms with E-state index in [0.717, 1.165) is 5.69 Å². The molecule has 4 rings (SSSR count). The quantitative estimate of drug-likeness (QED) is 0.536. The number of carbonyl (C=O) groups is 1. The third kappa shape index (κ3) is 5.04. The molecule has 172 valence electrons. The molecule has 1 fully saturated rings. The molecule has 3 aromatic carbocycles. The predicted molar refractivity (Wildman–Crippen MR) is 126 cm³/mol. The van der Waals surface area contributed by atoms with Crippen molar-refractivity contribution in [2.24, 2.45) is 0 Å². The number of rotatable bonds is 6. The monoisotopic (exact) mass is 489 g/mol. The Morgan fingerprint density at radius 1 is 0.939 bits per heavy atom. The number of nitrogens with zero attached hydrogens (tertiary/aromatic N) is 2. The summed E-state index contributed by atoms with van der Waals surface area (Å²) in [5.74, 6) is -1.46. The zero-order valence-corrected chi connectivity index (χ0v) is 19.0. The number of benzene rings is 3. The van der Waals surface area contributed by atoms with Crippen LogP contribution < -0.4 is 14.5 Å². The van der Waals surface area contributed by atoms with Crippen LogP contribution in [0.5, 0.6) is 0 Å². The highest BCUT2D eigenvalue weighted by atomic mass is 35.5. The van der Waals surface area contributed by atoms with Gasteiger partial charge in [0.15, 0.2) is 0 Å². The second kappa shape index (κ2) is 9.29. The van der Waals surface area contributed by atoms with Gasteiger partial charge in [-0.3, -0.25) is 4.72 Å². The Morgan fingerprint density at radius 2 is 1.58 bits per heavy atom. The van der Waals surface area contributed by atoms with Gasteiger partial charge in [-0.1, -0.05) is 23.7 Å². The molecule has 1 aliphatic heterocycles. The maximum absolute atomic E-state index is 13.2. The van der Waals surface area contributed by atoms with Crippen LogP contribution in [0.25, 0.3) is 0 Å². The van der Waals surface area contributed by atoms with Gasteiger partial charge in [0.1, 0.15) is 10.7 Å². The zero-order valence-electron chi connectivity index (χ0n) is 17.4. The van der Waals surface area contributed by atoms with E-state index in [2.05, 4.69) is 9.62 Å². The third-order valence-corrected chi connectivity index (χ3v) is 7.30. The second-order valence-electron chi connectivity index (χ2n) is 7.52. The SMILES string of the molecule is O=C(O)c1cc(NS(=O)(=O)c2ccccc2Cl)ccc1N1CCN(c2ccc(F)cc2)CC1. The number of sulfonamides is 1. The van der Waals surface area contributed by atoms with Gasteiger partial charge in [0.25, 0.3) is 10.0 Å². The molecule has 0 radical (unpaired) electrons. The molecule has 3 aromatic rings. The summed E-state index contributed by atoms with van der Waals surface area (Å²) in [6.07, 6.45) is 0. The van der Waals surface area contributed by atoms with E-state index < -0.39 is 16.0 Å². The maximum Gasteiger partial charge on any atom is 0.337 e. The molecule has 0 aromatic heterocycles. The predicted octanol–water partition coefficient (Wildman–Crippen LogP) is 4.30. The normalized spacial score (nSPS) is 14.2. The summed E-state index contributed by atoms with van der Waals surface area (Å²) in [6, 6.07) is 16.7. The van der Waals surface area contributed by atoms with E-state index in [-0.39, 0.29) is 27.0 Å². The number of nitrogens with one attached hydrogen (secondary N) is 1. The molecule has 1 aliphatic rings. The first-order valence-corrected chi connectivity index (χ1v) is 12.0. The Kier molecular flexibility index (Phi) is 6.44. The Labute approximate surface area is 196 Å². The molecule has 33 heavy (non-hydrogen) atoms. The van der Waals surface area contributed by atoms with E-state index in [1.807, 2.05) is 4.90 Å². The van der Waals surface area contributed by atoms with Gasteiger partial charge in [0, 0.05) is 37.6 Å². The van der Waals surface area contributed by atoms with Crippen LogP contribution in [0.15, 0.2) is 71.6 Å². The van der Waals surface area contributed by atoms with Crippen LogP contribution in [0.3, 0.4) is 0 Å². The third-order valence-electron chi connectivity index (χ3n) is 5.42. The lowest BCUT2D eigenvalue weighted by molar-refractivity contribution is 0.0697. The molecule has 0 saturated carbocycles. The molecule has 0 aliphatic carbocycles. The summed E-state index contributed by atoms with van der Waals surface area (Å²) in [5.41, 5.74) is 1.52. The molecule has 1 saturated heterocycles. The van der Waals surface area contributed by atoms with E-state index >= 15 is 0 Å². The molecule has 2 N–H and O–H groups in total. The lowest BCUT2D eigenvalue weighted by atomic mass is 10.1. The topological polar surface area (TPSA) is 89.9 Å². The van der Waals surface area contributed by atoms with Gasteiger partial charge in [0.2, 0.25) is 0 Å². The van der Waals surface area contributed by atoms with Gasteiger partial charge in [-0.05, 0) is 54.6 Å². The summed E-state index contributed by atoms with van der Waals surface area (Å²) in [5, 5.41) is 9.83. The van der Waals surface area contributed by atoms with Crippen molar-refractivity contribution >= 4 is 44.7 Å². The summed E-state index contributed by atoms with van der Waals surface area (Å²) < 4.78 is 41.0. The average Bonchev–Trinajstić information content (AvgIpc) is 2.79. The fourth-order valence-electron chi connectivity index (χ4n) is 3.78. The molecule has 7 nitrogen and oxygen atoms in total. The van der Waals surface area contributed by atoms with Crippen molar-refractivity contribution in [3.8, 4) is 0 Å². The van der Waals surface area contributed by atoms with Crippen LogP contribution in [-0.4, -0.2) is 45.7 Å². The van der Waals surface area contributed by atoms with Crippen LogP contribution in [0.4, 0.5) is 21.5 Å². The summed E-state index contributed by atoms with van der Waals surface area (Å²) in [4.78, 5) is 15.9. The van der Waals surface area contributed by atoms with Crippen LogP contribution in [0.1, 0.15) is 10.4 Å². The van der Waals surface area contributed by atoms with Crippen LogP contribution in [0, 0.1) is 5.82 Å². The van der Waals surface area contributed by atoms with Crippen LogP contribution >= 0.6 is 11.6 Å². The number of aromatic carboxylic acids is 1.